The summed E-state index contributed by atoms with van der Waals surface area (Å²) >= 11 is 1.74. The monoisotopic (exact) mass is 407 g/mol. The van der Waals surface area contributed by atoms with Gasteiger partial charge in [0.1, 0.15) is 5.82 Å². The van der Waals surface area contributed by atoms with E-state index in [2.05, 4.69) is 43.7 Å². The fourth-order valence-electron chi connectivity index (χ4n) is 5.55. The summed E-state index contributed by atoms with van der Waals surface area (Å²) in [6.07, 6.45) is 4.30. The van der Waals surface area contributed by atoms with Crippen molar-refractivity contribution in [3.8, 4) is 0 Å². The number of hydrogen-bond acceptors (Lipinski definition) is 2. The predicted octanol–water partition coefficient (Wildman–Crippen LogP) is 6.31. The van der Waals surface area contributed by atoms with Gasteiger partial charge in [0.15, 0.2) is 5.78 Å². The number of para-hydroxylation sites is 1. The van der Waals surface area contributed by atoms with Gasteiger partial charge in [-0.1, -0.05) is 51.1 Å². The third-order valence-electron chi connectivity index (χ3n) is 7.72. The van der Waals surface area contributed by atoms with Crippen LogP contribution in [0, 0.1) is 22.6 Å². The highest BCUT2D eigenvalue weighted by molar-refractivity contribution is 8.01. The lowest BCUT2D eigenvalue weighted by Gasteiger charge is -2.32. The summed E-state index contributed by atoms with van der Waals surface area (Å²) in [6, 6.07) is 15.1. The highest BCUT2D eigenvalue weighted by atomic mass is 32.2. The topological polar surface area (TPSA) is 22.0 Å². The Labute approximate surface area is 175 Å². The van der Waals surface area contributed by atoms with Crippen LogP contribution in [-0.4, -0.2) is 15.6 Å². The van der Waals surface area contributed by atoms with Gasteiger partial charge in [-0.3, -0.25) is 4.79 Å². The number of nitrogens with zero attached hydrogens (tertiary/aromatic N) is 1. The Balaban J connectivity index is 1.51. The molecule has 3 aromatic rings. The quantitative estimate of drug-likeness (QED) is 0.505. The lowest BCUT2D eigenvalue weighted by molar-refractivity contribution is -0.127. The smallest absolute Gasteiger partial charge is 0.152 e. The lowest BCUT2D eigenvalue weighted by atomic mass is 9.70. The summed E-state index contributed by atoms with van der Waals surface area (Å²) in [7, 11) is 0. The molecule has 3 unspecified atom stereocenters. The van der Waals surface area contributed by atoms with Crippen LogP contribution in [-0.2, 0) is 11.3 Å². The Bertz CT molecular complexity index is 1120. The fraction of sp³-hybridized carbons (Fsp3) is 0.400. The molecule has 0 aliphatic heterocycles. The molecule has 2 nitrogen and oxygen atoms in total. The maximum Gasteiger partial charge on any atom is 0.152 e. The van der Waals surface area contributed by atoms with Crippen molar-refractivity contribution in [2.75, 3.05) is 0 Å². The van der Waals surface area contributed by atoms with Crippen molar-refractivity contribution in [3.63, 3.8) is 0 Å². The van der Waals surface area contributed by atoms with Gasteiger partial charge < -0.3 is 4.57 Å². The zero-order chi connectivity index (χ0) is 20.4. The van der Waals surface area contributed by atoms with Gasteiger partial charge in [0.25, 0.3) is 0 Å². The van der Waals surface area contributed by atoms with Crippen LogP contribution in [0.2, 0.25) is 0 Å². The second-order valence-electron chi connectivity index (χ2n) is 9.37. The molecule has 0 N–H and O–H groups in total. The molecule has 5 rings (SSSR count). The van der Waals surface area contributed by atoms with Crippen molar-refractivity contribution >= 4 is 28.4 Å². The standard InChI is InChI=1S/C25H26FNOS/c1-24(2)19-11-12-25(24,3)23(28)22(19)29-21-15-27(20-10-5-4-9-18(20)21)14-16-7-6-8-17(26)13-16/h4-10,13,15,19,22H,11-12,14H2,1-3H3. The zero-order valence-corrected chi connectivity index (χ0v) is 17.9. The Kier molecular flexibility index (Phi) is 4.22. The molecule has 2 saturated carbocycles. The number of hydrogen-bond donors (Lipinski definition) is 0. The minimum Gasteiger partial charge on any atom is -0.342 e. The normalized spacial score (nSPS) is 27.8. The number of ketones is 1. The Morgan fingerprint density at radius 3 is 2.66 bits per heavy atom. The molecule has 0 saturated heterocycles. The third-order valence-corrected chi connectivity index (χ3v) is 9.10. The highest BCUT2D eigenvalue weighted by Crippen LogP contribution is 2.66. The first-order chi connectivity index (χ1) is 13.8. The van der Waals surface area contributed by atoms with E-state index in [1.807, 2.05) is 18.2 Å². The lowest BCUT2D eigenvalue weighted by Crippen LogP contribution is -2.34. The Morgan fingerprint density at radius 2 is 1.93 bits per heavy atom. The molecule has 29 heavy (non-hydrogen) atoms. The number of halogens is 1. The van der Waals surface area contributed by atoms with E-state index in [0.717, 1.165) is 28.8 Å². The van der Waals surface area contributed by atoms with Crippen molar-refractivity contribution in [3.05, 3.63) is 66.1 Å². The third kappa shape index (κ3) is 2.72. The maximum atomic E-state index is 13.6. The van der Waals surface area contributed by atoms with Crippen LogP contribution >= 0.6 is 11.8 Å². The Hall–Kier alpha value is -2.07. The molecule has 3 atom stereocenters. The first-order valence-corrected chi connectivity index (χ1v) is 11.2. The minimum atomic E-state index is -0.211. The van der Waals surface area contributed by atoms with E-state index in [1.54, 1.807) is 23.9 Å². The number of fused-ring (bicyclic) bond motifs is 3. The second kappa shape index (κ2) is 6.46. The molecular weight excluding hydrogens is 381 g/mol. The average Bonchev–Trinajstić information content (AvgIpc) is 3.19. The first kappa shape index (κ1) is 18.9. The molecule has 0 radical (unpaired) electrons. The molecule has 2 aliphatic rings. The van der Waals surface area contributed by atoms with Crippen LogP contribution in [0.15, 0.2) is 59.6 Å². The average molecular weight is 408 g/mol. The molecule has 0 amide bonds. The molecule has 2 bridgehead atoms. The number of thioether (sulfide) groups is 1. The van der Waals surface area contributed by atoms with E-state index in [-0.39, 0.29) is 21.9 Å². The number of Topliss-reactive ketones (excluding diaryl/α,β-unsaturated/α-hetero) is 1. The summed E-state index contributed by atoms with van der Waals surface area (Å²) in [4.78, 5) is 14.5. The molecular formula is C25H26FNOS. The molecule has 2 aliphatic carbocycles. The van der Waals surface area contributed by atoms with Crippen LogP contribution in [0.5, 0.6) is 0 Å². The molecule has 4 heteroatoms. The number of aromatic nitrogens is 1. The molecule has 2 aromatic carbocycles. The van der Waals surface area contributed by atoms with Crippen LogP contribution < -0.4 is 0 Å². The zero-order valence-electron chi connectivity index (χ0n) is 17.1. The van der Waals surface area contributed by atoms with Gasteiger partial charge >= 0.3 is 0 Å². The van der Waals surface area contributed by atoms with Gasteiger partial charge in [-0.05, 0) is 47.9 Å². The number of carbonyl (C=O) groups is 1. The molecule has 2 fully saturated rings. The minimum absolute atomic E-state index is 0.0252. The van der Waals surface area contributed by atoms with Crippen molar-refractivity contribution in [1.82, 2.24) is 4.57 Å². The van der Waals surface area contributed by atoms with E-state index in [0.29, 0.717) is 18.2 Å². The molecule has 1 aromatic heterocycles. The number of carbonyl (C=O) groups excluding carboxylic acids is 1. The summed E-state index contributed by atoms with van der Waals surface area (Å²) in [5.74, 6) is 0.637. The largest absolute Gasteiger partial charge is 0.342 e. The van der Waals surface area contributed by atoms with Crippen LogP contribution in [0.1, 0.15) is 39.2 Å². The van der Waals surface area contributed by atoms with Gasteiger partial charge in [0, 0.05) is 34.0 Å². The van der Waals surface area contributed by atoms with Crippen molar-refractivity contribution in [1.29, 1.82) is 0 Å². The van der Waals surface area contributed by atoms with Crippen molar-refractivity contribution in [2.45, 2.75) is 50.3 Å². The van der Waals surface area contributed by atoms with E-state index in [4.69, 9.17) is 0 Å². The summed E-state index contributed by atoms with van der Waals surface area (Å²) in [5.41, 5.74) is 1.92. The van der Waals surface area contributed by atoms with Crippen LogP contribution in [0.3, 0.4) is 0 Å². The second-order valence-corrected chi connectivity index (χ2v) is 10.6. The van der Waals surface area contributed by atoms with Crippen LogP contribution in [0.25, 0.3) is 10.9 Å². The van der Waals surface area contributed by atoms with Gasteiger partial charge in [-0.2, -0.15) is 0 Å². The van der Waals surface area contributed by atoms with E-state index in [1.165, 1.54) is 11.5 Å². The number of rotatable bonds is 4. The molecule has 150 valence electrons. The van der Waals surface area contributed by atoms with Gasteiger partial charge in [-0.15, -0.1) is 11.8 Å². The van der Waals surface area contributed by atoms with Crippen LogP contribution in [0.4, 0.5) is 4.39 Å². The van der Waals surface area contributed by atoms with E-state index < -0.39 is 0 Å². The molecule has 0 spiro atoms. The van der Waals surface area contributed by atoms with Gasteiger partial charge in [0.05, 0.1) is 5.25 Å². The van der Waals surface area contributed by atoms with E-state index in [9.17, 15) is 9.18 Å². The summed E-state index contributed by atoms with van der Waals surface area (Å²) in [6.45, 7) is 7.33. The van der Waals surface area contributed by atoms with Gasteiger partial charge in [-0.25, -0.2) is 4.39 Å². The van der Waals surface area contributed by atoms with Crippen molar-refractivity contribution in [2.24, 2.45) is 16.7 Å². The summed E-state index contributed by atoms with van der Waals surface area (Å²) in [5, 5.41) is 1.20. The van der Waals surface area contributed by atoms with Gasteiger partial charge in [0.2, 0.25) is 0 Å². The SMILES string of the molecule is CC12CCC(C(Sc3cn(Cc4cccc(F)c4)c4ccccc34)C1=O)C2(C)C. The summed E-state index contributed by atoms with van der Waals surface area (Å²) < 4.78 is 15.8. The highest BCUT2D eigenvalue weighted by Gasteiger charge is 2.66. The fourth-order valence-corrected chi connectivity index (χ4v) is 7.31. The maximum absolute atomic E-state index is 13.6. The molecule has 1 heterocycles. The Morgan fingerprint density at radius 1 is 1.14 bits per heavy atom. The van der Waals surface area contributed by atoms with Crippen molar-refractivity contribution < 1.29 is 9.18 Å². The number of benzene rings is 2. The predicted molar refractivity (Wildman–Crippen MR) is 117 cm³/mol. The van der Waals surface area contributed by atoms with E-state index >= 15 is 0 Å². The first-order valence-electron chi connectivity index (χ1n) is 10.3.